The minimum Gasteiger partial charge on any atom is -0.469 e. The summed E-state index contributed by atoms with van der Waals surface area (Å²) in [5, 5.41) is 0. The summed E-state index contributed by atoms with van der Waals surface area (Å²) in [4.78, 5) is 11.7. The number of hydrogen-bond donors (Lipinski definition) is 1. The third-order valence-corrected chi connectivity index (χ3v) is 2.35. The molecule has 1 heterocycles. The normalized spacial score (nSPS) is 15.4. The summed E-state index contributed by atoms with van der Waals surface area (Å²) in [5.41, 5.74) is 5.40. The monoisotopic (exact) mass is 239 g/mol. The van der Waals surface area contributed by atoms with Crippen LogP contribution in [0, 0.1) is 0 Å². The second-order valence-electron chi connectivity index (χ2n) is 5.27. The maximum Gasteiger partial charge on any atom is 0.307 e. The maximum absolute atomic E-state index is 11.7. The zero-order valence-corrected chi connectivity index (χ0v) is 10.9. The molecule has 2 atom stereocenters. The molecule has 0 aliphatic rings. The van der Waals surface area contributed by atoms with Gasteiger partial charge >= 0.3 is 5.97 Å². The van der Waals surface area contributed by atoms with Crippen LogP contribution >= 0.6 is 0 Å². The lowest BCUT2D eigenvalue weighted by molar-refractivity contribution is -0.155. The molecule has 1 aromatic heterocycles. The van der Waals surface area contributed by atoms with E-state index in [9.17, 15) is 4.79 Å². The molecule has 17 heavy (non-hydrogen) atoms. The first-order valence-corrected chi connectivity index (χ1v) is 5.80. The van der Waals surface area contributed by atoms with E-state index in [2.05, 4.69) is 0 Å². The predicted octanol–water partition coefficient (Wildman–Crippen LogP) is 2.44. The smallest absolute Gasteiger partial charge is 0.307 e. The van der Waals surface area contributed by atoms with Crippen molar-refractivity contribution in [2.75, 3.05) is 0 Å². The fourth-order valence-electron chi connectivity index (χ4n) is 1.61. The molecule has 0 saturated heterocycles. The van der Waals surface area contributed by atoms with Gasteiger partial charge in [0, 0.05) is 12.0 Å². The molecule has 0 aliphatic heterocycles. The van der Waals surface area contributed by atoms with Crippen molar-refractivity contribution in [2.45, 2.75) is 51.7 Å². The second kappa shape index (κ2) is 5.36. The van der Waals surface area contributed by atoms with Gasteiger partial charge < -0.3 is 14.9 Å². The van der Waals surface area contributed by atoms with Crippen LogP contribution < -0.4 is 5.73 Å². The Labute approximate surface area is 102 Å². The molecule has 4 heteroatoms. The predicted molar refractivity (Wildman–Crippen MR) is 65.6 cm³/mol. The molecule has 4 nitrogen and oxygen atoms in total. The average Bonchev–Trinajstić information content (AvgIpc) is 2.63. The summed E-state index contributed by atoms with van der Waals surface area (Å²) in [5.74, 6) is 0.335. The van der Waals surface area contributed by atoms with E-state index in [-0.39, 0.29) is 24.3 Å². The number of esters is 1. The van der Waals surface area contributed by atoms with Gasteiger partial charge in [0.1, 0.15) is 11.4 Å². The summed E-state index contributed by atoms with van der Waals surface area (Å²) >= 11 is 0. The standard InChI is InChI=1S/C13H21NO3/c1-9(14)10(11-6-5-7-16-11)8-12(15)17-13(2,3)4/h5-7,9-10H,8,14H2,1-4H3. The van der Waals surface area contributed by atoms with Crippen LogP contribution in [0.5, 0.6) is 0 Å². The van der Waals surface area contributed by atoms with Crippen molar-refractivity contribution in [3.05, 3.63) is 24.2 Å². The van der Waals surface area contributed by atoms with Crippen molar-refractivity contribution < 1.29 is 13.9 Å². The second-order valence-corrected chi connectivity index (χ2v) is 5.27. The van der Waals surface area contributed by atoms with E-state index in [0.717, 1.165) is 5.76 Å². The van der Waals surface area contributed by atoms with Crippen LogP contribution in [0.2, 0.25) is 0 Å². The van der Waals surface area contributed by atoms with Crippen LogP contribution in [-0.2, 0) is 9.53 Å². The Bertz CT molecular complexity index is 349. The first kappa shape index (κ1) is 13.8. The highest BCUT2D eigenvalue weighted by Crippen LogP contribution is 2.24. The molecule has 0 spiro atoms. The number of rotatable bonds is 4. The van der Waals surface area contributed by atoms with Crippen molar-refractivity contribution >= 4 is 5.97 Å². The molecule has 0 saturated carbocycles. The molecular formula is C13H21NO3. The quantitative estimate of drug-likeness (QED) is 0.819. The molecule has 0 amide bonds. The summed E-state index contributed by atoms with van der Waals surface area (Å²) in [7, 11) is 0. The van der Waals surface area contributed by atoms with E-state index in [0.29, 0.717) is 0 Å². The van der Waals surface area contributed by atoms with Gasteiger partial charge in [0.25, 0.3) is 0 Å². The zero-order valence-electron chi connectivity index (χ0n) is 10.9. The van der Waals surface area contributed by atoms with Crippen LogP contribution in [0.4, 0.5) is 0 Å². The average molecular weight is 239 g/mol. The largest absolute Gasteiger partial charge is 0.469 e. The van der Waals surface area contributed by atoms with Crippen molar-refractivity contribution in [3.63, 3.8) is 0 Å². The van der Waals surface area contributed by atoms with E-state index in [1.54, 1.807) is 12.3 Å². The Morgan fingerprint density at radius 1 is 1.53 bits per heavy atom. The lowest BCUT2D eigenvalue weighted by atomic mass is 9.95. The van der Waals surface area contributed by atoms with Crippen molar-refractivity contribution in [1.29, 1.82) is 0 Å². The van der Waals surface area contributed by atoms with Gasteiger partial charge in [-0.05, 0) is 39.8 Å². The summed E-state index contributed by atoms with van der Waals surface area (Å²) < 4.78 is 10.6. The summed E-state index contributed by atoms with van der Waals surface area (Å²) in [6.45, 7) is 7.40. The minimum atomic E-state index is -0.470. The van der Waals surface area contributed by atoms with Crippen LogP contribution in [0.15, 0.2) is 22.8 Å². The van der Waals surface area contributed by atoms with Crippen molar-refractivity contribution in [1.82, 2.24) is 0 Å². The van der Waals surface area contributed by atoms with Crippen molar-refractivity contribution in [2.24, 2.45) is 5.73 Å². The zero-order chi connectivity index (χ0) is 13.1. The number of hydrogen-bond acceptors (Lipinski definition) is 4. The molecular weight excluding hydrogens is 218 g/mol. The first-order valence-electron chi connectivity index (χ1n) is 5.80. The topological polar surface area (TPSA) is 65.5 Å². The van der Waals surface area contributed by atoms with Gasteiger partial charge in [0.05, 0.1) is 12.7 Å². The Morgan fingerprint density at radius 2 is 2.18 bits per heavy atom. The molecule has 1 rings (SSSR count). The highest BCUT2D eigenvalue weighted by Gasteiger charge is 2.25. The fraction of sp³-hybridized carbons (Fsp3) is 0.615. The summed E-state index contributed by atoms with van der Waals surface area (Å²) in [6, 6.07) is 3.46. The molecule has 1 aromatic rings. The van der Waals surface area contributed by atoms with Gasteiger partial charge in [0.15, 0.2) is 0 Å². The van der Waals surface area contributed by atoms with Gasteiger partial charge in [-0.3, -0.25) is 4.79 Å². The van der Waals surface area contributed by atoms with Gasteiger partial charge in [-0.15, -0.1) is 0 Å². The van der Waals surface area contributed by atoms with Crippen LogP contribution in [-0.4, -0.2) is 17.6 Å². The van der Waals surface area contributed by atoms with Crippen LogP contribution in [0.3, 0.4) is 0 Å². The molecule has 0 fully saturated rings. The molecule has 0 aliphatic carbocycles. The molecule has 2 unspecified atom stereocenters. The van der Waals surface area contributed by atoms with E-state index in [1.807, 2.05) is 33.8 Å². The Morgan fingerprint density at radius 3 is 2.59 bits per heavy atom. The van der Waals surface area contributed by atoms with E-state index in [1.165, 1.54) is 0 Å². The third-order valence-electron chi connectivity index (χ3n) is 2.35. The third kappa shape index (κ3) is 4.61. The molecule has 96 valence electrons. The molecule has 0 radical (unpaired) electrons. The number of nitrogens with two attached hydrogens (primary N) is 1. The van der Waals surface area contributed by atoms with Crippen LogP contribution in [0.1, 0.15) is 45.8 Å². The SMILES string of the molecule is CC(N)C(CC(=O)OC(C)(C)C)c1ccco1. The van der Waals surface area contributed by atoms with Gasteiger partial charge in [-0.1, -0.05) is 0 Å². The van der Waals surface area contributed by atoms with E-state index in [4.69, 9.17) is 14.9 Å². The van der Waals surface area contributed by atoms with Gasteiger partial charge in [-0.25, -0.2) is 0 Å². The maximum atomic E-state index is 11.7. The Hall–Kier alpha value is -1.29. The molecule has 0 bridgehead atoms. The Balaban J connectivity index is 2.66. The lowest BCUT2D eigenvalue weighted by Crippen LogP contribution is -2.30. The van der Waals surface area contributed by atoms with Gasteiger partial charge in [0.2, 0.25) is 0 Å². The van der Waals surface area contributed by atoms with E-state index >= 15 is 0 Å². The number of carbonyl (C=O) groups excluding carboxylic acids is 1. The van der Waals surface area contributed by atoms with E-state index < -0.39 is 5.60 Å². The minimum absolute atomic E-state index is 0.139. The lowest BCUT2D eigenvalue weighted by Gasteiger charge is -2.23. The summed E-state index contributed by atoms with van der Waals surface area (Å²) in [6.07, 6.45) is 1.82. The van der Waals surface area contributed by atoms with Crippen molar-refractivity contribution in [3.8, 4) is 0 Å². The highest BCUT2D eigenvalue weighted by molar-refractivity contribution is 5.71. The molecule has 0 aromatic carbocycles. The number of furan rings is 1. The molecule has 2 N–H and O–H groups in total. The Kier molecular flexibility index (Phi) is 4.34. The number of carbonyl (C=O) groups is 1. The van der Waals surface area contributed by atoms with Crippen LogP contribution in [0.25, 0.3) is 0 Å². The highest BCUT2D eigenvalue weighted by atomic mass is 16.6. The fourth-order valence-corrected chi connectivity index (χ4v) is 1.61. The van der Waals surface area contributed by atoms with Gasteiger partial charge in [-0.2, -0.15) is 0 Å². The first-order chi connectivity index (χ1) is 7.79. The number of ether oxygens (including phenoxy) is 1.